The van der Waals surface area contributed by atoms with Gasteiger partial charge >= 0.3 is 5.76 Å². The second kappa shape index (κ2) is 3.19. The first-order valence-corrected chi connectivity index (χ1v) is 4.26. The van der Waals surface area contributed by atoms with Gasteiger partial charge in [0.05, 0.1) is 12.2 Å². The molecule has 74 valence electrons. The van der Waals surface area contributed by atoms with Gasteiger partial charge in [0.25, 0.3) is 0 Å². The van der Waals surface area contributed by atoms with E-state index in [-0.39, 0.29) is 5.76 Å². The van der Waals surface area contributed by atoms with Crippen molar-refractivity contribution in [3.63, 3.8) is 0 Å². The predicted octanol–water partition coefficient (Wildman–Crippen LogP) is 0.460. The van der Waals surface area contributed by atoms with E-state index in [9.17, 15) is 4.79 Å². The maximum atomic E-state index is 11.2. The largest absolute Gasteiger partial charge is 0.419 e. The van der Waals surface area contributed by atoms with Crippen molar-refractivity contribution in [3.05, 3.63) is 28.7 Å². The molecule has 1 aromatic heterocycles. The zero-order valence-electron chi connectivity index (χ0n) is 7.78. The molecule has 0 atom stereocenters. The van der Waals surface area contributed by atoms with Gasteiger partial charge in [-0.15, -0.1) is 0 Å². The predicted molar refractivity (Wildman–Crippen MR) is 54.1 cm³/mol. The molecule has 0 aliphatic heterocycles. The van der Waals surface area contributed by atoms with Crippen LogP contribution >= 0.6 is 0 Å². The lowest BCUT2D eigenvalue weighted by atomic mass is 10.3. The summed E-state index contributed by atoms with van der Waals surface area (Å²) in [5.41, 5.74) is 7.56. The molecule has 2 aromatic rings. The summed E-state index contributed by atoms with van der Waals surface area (Å²) in [6.45, 7) is 0.358. The van der Waals surface area contributed by atoms with E-state index >= 15 is 0 Å². The quantitative estimate of drug-likeness (QED) is 0.679. The molecule has 0 radical (unpaired) electrons. The molecule has 5 nitrogen and oxygen atoms in total. The van der Waals surface area contributed by atoms with Crippen LogP contribution < -0.4 is 16.8 Å². The SMILES string of the molecule is Cn1c(=O)oc2ccc(NCN)cc21. The van der Waals surface area contributed by atoms with Crippen LogP contribution in [0, 0.1) is 0 Å². The summed E-state index contributed by atoms with van der Waals surface area (Å²) < 4.78 is 6.44. The Labute approximate surface area is 80.1 Å². The van der Waals surface area contributed by atoms with E-state index in [4.69, 9.17) is 10.2 Å². The average Bonchev–Trinajstić information content (AvgIpc) is 2.45. The number of nitrogens with one attached hydrogen (secondary N) is 1. The van der Waals surface area contributed by atoms with Crippen molar-refractivity contribution in [2.24, 2.45) is 12.8 Å². The van der Waals surface area contributed by atoms with Crippen molar-refractivity contribution in [1.82, 2.24) is 4.57 Å². The van der Waals surface area contributed by atoms with Gasteiger partial charge in [-0.05, 0) is 18.2 Å². The Bertz CT molecular complexity index is 512. The highest BCUT2D eigenvalue weighted by Crippen LogP contribution is 2.17. The van der Waals surface area contributed by atoms with Gasteiger partial charge in [-0.25, -0.2) is 4.79 Å². The summed E-state index contributed by atoms with van der Waals surface area (Å²) in [6.07, 6.45) is 0. The number of rotatable bonds is 2. The number of aryl methyl sites for hydroxylation is 1. The van der Waals surface area contributed by atoms with E-state index in [1.807, 2.05) is 12.1 Å². The third-order valence-electron chi connectivity index (χ3n) is 2.10. The first kappa shape index (κ1) is 8.83. The Morgan fingerprint density at radius 1 is 1.57 bits per heavy atom. The number of nitrogens with zero attached hydrogens (tertiary/aromatic N) is 1. The zero-order valence-corrected chi connectivity index (χ0v) is 7.78. The molecule has 0 unspecified atom stereocenters. The van der Waals surface area contributed by atoms with Crippen LogP contribution in [0.3, 0.4) is 0 Å². The van der Waals surface area contributed by atoms with Crippen molar-refractivity contribution in [2.75, 3.05) is 12.0 Å². The summed E-state index contributed by atoms with van der Waals surface area (Å²) in [4.78, 5) is 11.2. The highest BCUT2D eigenvalue weighted by molar-refractivity contribution is 5.77. The van der Waals surface area contributed by atoms with Gasteiger partial charge in [0.2, 0.25) is 0 Å². The number of hydrogen-bond acceptors (Lipinski definition) is 4. The topological polar surface area (TPSA) is 73.2 Å². The van der Waals surface area contributed by atoms with Crippen LogP contribution in [0.5, 0.6) is 0 Å². The molecule has 0 bridgehead atoms. The fraction of sp³-hybridized carbons (Fsp3) is 0.222. The van der Waals surface area contributed by atoms with Gasteiger partial charge in [0.1, 0.15) is 0 Å². The van der Waals surface area contributed by atoms with Crippen LogP contribution in [0.25, 0.3) is 11.1 Å². The number of anilines is 1. The minimum atomic E-state index is -0.357. The molecule has 2 rings (SSSR count). The van der Waals surface area contributed by atoms with E-state index in [1.165, 1.54) is 4.57 Å². The van der Waals surface area contributed by atoms with Gasteiger partial charge in [-0.2, -0.15) is 0 Å². The molecule has 0 fully saturated rings. The number of fused-ring (bicyclic) bond motifs is 1. The van der Waals surface area contributed by atoms with Crippen molar-refractivity contribution < 1.29 is 4.42 Å². The van der Waals surface area contributed by atoms with Crippen LogP contribution in [-0.2, 0) is 7.05 Å². The maximum absolute atomic E-state index is 11.2. The molecule has 0 aliphatic carbocycles. The molecule has 3 N–H and O–H groups in total. The fourth-order valence-corrected chi connectivity index (χ4v) is 1.35. The first-order chi connectivity index (χ1) is 6.72. The normalized spacial score (nSPS) is 10.7. The van der Waals surface area contributed by atoms with E-state index in [1.54, 1.807) is 13.1 Å². The lowest BCUT2D eigenvalue weighted by Gasteiger charge is -2.01. The minimum Gasteiger partial charge on any atom is -0.408 e. The van der Waals surface area contributed by atoms with Crippen LogP contribution in [0.15, 0.2) is 27.4 Å². The molecule has 0 amide bonds. The molecular weight excluding hydrogens is 182 g/mol. The molecule has 0 saturated heterocycles. The van der Waals surface area contributed by atoms with Gasteiger partial charge in [0.15, 0.2) is 5.58 Å². The molecule has 5 heteroatoms. The minimum absolute atomic E-state index is 0.357. The van der Waals surface area contributed by atoms with Crippen molar-refractivity contribution in [2.45, 2.75) is 0 Å². The molecule has 14 heavy (non-hydrogen) atoms. The third kappa shape index (κ3) is 1.27. The molecule has 1 heterocycles. The summed E-state index contributed by atoms with van der Waals surface area (Å²) in [7, 11) is 1.67. The summed E-state index contributed by atoms with van der Waals surface area (Å²) >= 11 is 0. The lowest BCUT2D eigenvalue weighted by molar-refractivity contribution is 0.528. The Balaban J connectivity index is 2.63. The van der Waals surface area contributed by atoms with Crippen molar-refractivity contribution in [1.29, 1.82) is 0 Å². The number of oxazole rings is 1. The van der Waals surface area contributed by atoms with Gasteiger partial charge in [0, 0.05) is 12.7 Å². The standard InChI is InChI=1S/C9H11N3O2/c1-12-7-4-6(11-5-10)2-3-8(7)14-9(12)13/h2-4,11H,5,10H2,1H3. The maximum Gasteiger partial charge on any atom is 0.419 e. The number of hydrogen-bond donors (Lipinski definition) is 2. The summed E-state index contributed by atoms with van der Waals surface area (Å²) in [5.74, 6) is -0.357. The molecular formula is C9H11N3O2. The monoisotopic (exact) mass is 193 g/mol. The molecule has 0 saturated carbocycles. The summed E-state index contributed by atoms with van der Waals surface area (Å²) in [6, 6.07) is 5.39. The Morgan fingerprint density at radius 3 is 3.07 bits per heavy atom. The molecule has 1 aromatic carbocycles. The van der Waals surface area contributed by atoms with E-state index in [0.717, 1.165) is 11.2 Å². The van der Waals surface area contributed by atoms with Crippen LogP contribution in [-0.4, -0.2) is 11.2 Å². The van der Waals surface area contributed by atoms with Gasteiger partial charge < -0.3 is 15.5 Å². The van der Waals surface area contributed by atoms with Crippen LogP contribution in [0.2, 0.25) is 0 Å². The number of benzene rings is 1. The average molecular weight is 193 g/mol. The number of aromatic nitrogens is 1. The smallest absolute Gasteiger partial charge is 0.408 e. The Kier molecular flexibility index (Phi) is 2.01. The molecule has 0 aliphatic rings. The highest BCUT2D eigenvalue weighted by Gasteiger charge is 2.05. The van der Waals surface area contributed by atoms with E-state index in [2.05, 4.69) is 5.32 Å². The van der Waals surface area contributed by atoms with Gasteiger partial charge in [-0.3, -0.25) is 4.57 Å². The second-order valence-electron chi connectivity index (χ2n) is 2.99. The lowest BCUT2D eigenvalue weighted by Crippen LogP contribution is -2.11. The van der Waals surface area contributed by atoms with Crippen LogP contribution in [0.4, 0.5) is 5.69 Å². The number of nitrogens with two attached hydrogens (primary N) is 1. The highest BCUT2D eigenvalue weighted by atomic mass is 16.4. The summed E-state index contributed by atoms with van der Waals surface area (Å²) in [5, 5.41) is 2.96. The fourth-order valence-electron chi connectivity index (χ4n) is 1.35. The third-order valence-corrected chi connectivity index (χ3v) is 2.10. The van der Waals surface area contributed by atoms with Crippen LogP contribution in [0.1, 0.15) is 0 Å². The zero-order chi connectivity index (χ0) is 10.1. The Hall–Kier alpha value is -1.75. The molecule has 0 spiro atoms. The Morgan fingerprint density at radius 2 is 2.36 bits per heavy atom. The van der Waals surface area contributed by atoms with Crippen molar-refractivity contribution >= 4 is 16.8 Å². The van der Waals surface area contributed by atoms with Crippen molar-refractivity contribution in [3.8, 4) is 0 Å². The first-order valence-electron chi connectivity index (χ1n) is 4.26. The van der Waals surface area contributed by atoms with E-state index in [0.29, 0.717) is 12.3 Å². The second-order valence-corrected chi connectivity index (χ2v) is 2.99. The van der Waals surface area contributed by atoms with Gasteiger partial charge in [-0.1, -0.05) is 0 Å². The van der Waals surface area contributed by atoms with E-state index < -0.39 is 0 Å².